The van der Waals surface area contributed by atoms with Gasteiger partial charge in [-0.1, -0.05) is 6.92 Å². The molecule has 0 aromatic carbocycles. The van der Waals surface area contributed by atoms with Gasteiger partial charge in [-0.2, -0.15) is 4.31 Å². The van der Waals surface area contributed by atoms with E-state index >= 15 is 0 Å². The van der Waals surface area contributed by atoms with Gasteiger partial charge in [0, 0.05) is 18.5 Å². The first-order chi connectivity index (χ1) is 7.47. The zero-order chi connectivity index (χ0) is 12.2. The fourth-order valence-corrected chi connectivity index (χ4v) is 4.31. The molecule has 0 bridgehead atoms. The molecule has 96 valence electrons. The number of hydrogen-bond donors (Lipinski definition) is 0. The summed E-state index contributed by atoms with van der Waals surface area (Å²) in [4.78, 5) is 0. The zero-order valence-electron chi connectivity index (χ0n) is 10.2. The Bertz CT molecular complexity index is 305. The topological polar surface area (TPSA) is 37.4 Å². The molecule has 5 heteroatoms. The van der Waals surface area contributed by atoms with Gasteiger partial charge in [0.25, 0.3) is 0 Å². The van der Waals surface area contributed by atoms with Crippen molar-refractivity contribution >= 4 is 21.6 Å². The fourth-order valence-electron chi connectivity index (χ4n) is 2.30. The van der Waals surface area contributed by atoms with Crippen LogP contribution in [-0.2, 0) is 10.0 Å². The summed E-state index contributed by atoms with van der Waals surface area (Å²) in [5.74, 6) is 1.44. The molecule has 3 nitrogen and oxygen atoms in total. The summed E-state index contributed by atoms with van der Waals surface area (Å²) < 4.78 is 25.8. The lowest BCUT2D eigenvalue weighted by Gasteiger charge is -2.35. The molecule has 0 aliphatic carbocycles. The van der Waals surface area contributed by atoms with Crippen molar-refractivity contribution in [2.75, 3.05) is 18.2 Å². The molecule has 1 heterocycles. The third-order valence-electron chi connectivity index (χ3n) is 3.22. The summed E-state index contributed by atoms with van der Waals surface area (Å²) in [7, 11) is -3.05. The van der Waals surface area contributed by atoms with E-state index in [1.54, 1.807) is 4.31 Å². The SMILES string of the molecule is CC1CCN(S(=O)(=O)CCCCCl)C(C)C1. The number of piperidine rings is 1. The van der Waals surface area contributed by atoms with Crippen molar-refractivity contribution < 1.29 is 8.42 Å². The highest BCUT2D eigenvalue weighted by Gasteiger charge is 2.31. The Morgan fingerprint density at radius 2 is 2.00 bits per heavy atom. The standard InChI is InChI=1S/C11H22ClNO2S/c1-10-5-7-13(11(2)9-10)16(14,15)8-4-3-6-12/h10-11H,3-9H2,1-2H3. The molecule has 0 aromatic rings. The van der Waals surface area contributed by atoms with E-state index in [1.807, 2.05) is 6.92 Å². The molecule has 0 aromatic heterocycles. The molecule has 1 rings (SSSR count). The first kappa shape index (κ1) is 14.3. The van der Waals surface area contributed by atoms with Gasteiger partial charge >= 0.3 is 0 Å². The summed E-state index contributed by atoms with van der Waals surface area (Å²) in [6.45, 7) is 4.88. The van der Waals surface area contributed by atoms with Crippen LogP contribution in [0.5, 0.6) is 0 Å². The van der Waals surface area contributed by atoms with Gasteiger partial charge in [-0.3, -0.25) is 0 Å². The maximum atomic E-state index is 12.1. The Hall–Kier alpha value is 0.200. The Morgan fingerprint density at radius 3 is 2.56 bits per heavy atom. The van der Waals surface area contributed by atoms with E-state index in [0.717, 1.165) is 19.3 Å². The molecule has 0 spiro atoms. The van der Waals surface area contributed by atoms with Crippen molar-refractivity contribution in [3.8, 4) is 0 Å². The molecule has 0 radical (unpaired) electrons. The molecule has 0 saturated carbocycles. The van der Waals surface area contributed by atoms with Crippen molar-refractivity contribution in [1.82, 2.24) is 4.31 Å². The molecular formula is C11H22ClNO2S. The van der Waals surface area contributed by atoms with Crippen molar-refractivity contribution in [2.24, 2.45) is 5.92 Å². The van der Waals surface area contributed by atoms with Gasteiger partial charge in [-0.05, 0) is 38.5 Å². The molecule has 16 heavy (non-hydrogen) atoms. The number of alkyl halides is 1. The molecule has 2 atom stereocenters. The second-order valence-corrected chi connectivity index (χ2v) is 7.22. The van der Waals surface area contributed by atoms with Crippen LogP contribution < -0.4 is 0 Å². The summed E-state index contributed by atoms with van der Waals surface area (Å²) in [6.07, 6.45) is 3.41. The summed E-state index contributed by atoms with van der Waals surface area (Å²) in [5, 5.41) is 0. The number of hydrogen-bond acceptors (Lipinski definition) is 2. The van der Waals surface area contributed by atoms with E-state index in [2.05, 4.69) is 6.92 Å². The van der Waals surface area contributed by atoms with Gasteiger partial charge in [-0.25, -0.2) is 8.42 Å². The minimum atomic E-state index is -3.05. The average molecular weight is 268 g/mol. The minimum Gasteiger partial charge on any atom is -0.212 e. The second kappa shape index (κ2) is 6.22. The number of unbranched alkanes of at least 4 members (excludes halogenated alkanes) is 1. The van der Waals surface area contributed by atoms with Gasteiger partial charge in [-0.15, -0.1) is 11.6 Å². The maximum Gasteiger partial charge on any atom is 0.214 e. The maximum absolute atomic E-state index is 12.1. The van der Waals surface area contributed by atoms with Crippen LogP contribution in [0.4, 0.5) is 0 Å². The second-order valence-electron chi connectivity index (χ2n) is 4.80. The van der Waals surface area contributed by atoms with Crippen LogP contribution in [0.2, 0.25) is 0 Å². The highest BCUT2D eigenvalue weighted by molar-refractivity contribution is 7.89. The van der Waals surface area contributed by atoms with Crippen molar-refractivity contribution in [1.29, 1.82) is 0 Å². The van der Waals surface area contributed by atoms with Crippen LogP contribution in [0.3, 0.4) is 0 Å². The van der Waals surface area contributed by atoms with Crippen LogP contribution in [0.25, 0.3) is 0 Å². The van der Waals surface area contributed by atoms with E-state index in [1.165, 1.54) is 0 Å². The number of nitrogens with zero attached hydrogens (tertiary/aromatic N) is 1. The molecule has 2 unspecified atom stereocenters. The van der Waals surface area contributed by atoms with E-state index in [0.29, 0.717) is 24.8 Å². The lowest BCUT2D eigenvalue weighted by molar-refractivity contribution is 0.220. The fraction of sp³-hybridized carbons (Fsp3) is 1.00. The molecule has 0 N–H and O–H groups in total. The largest absolute Gasteiger partial charge is 0.214 e. The number of sulfonamides is 1. The molecule has 1 fully saturated rings. The Morgan fingerprint density at radius 1 is 1.31 bits per heavy atom. The van der Waals surface area contributed by atoms with E-state index in [-0.39, 0.29) is 11.8 Å². The minimum absolute atomic E-state index is 0.157. The highest BCUT2D eigenvalue weighted by atomic mass is 35.5. The summed E-state index contributed by atoms with van der Waals surface area (Å²) in [5.41, 5.74) is 0. The van der Waals surface area contributed by atoms with Crippen molar-refractivity contribution in [3.63, 3.8) is 0 Å². The zero-order valence-corrected chi connectivity index (χ0v) is 11.7. The predicted molar refractivity (Wildman–Crippen MR) is 68.3 cm³/mol. The molecule has 1 aliphatic heterocycles. The normalized spacial score (nSPS) is 28.2. The molecule has 1 aliphatic rings. The third kappa shape index (κ3) is 3.90. The third-order valence-corrected chi connectivity index (χ3v) is 5.55. The van der Waals surface area contributed by atoms with Crippen LogP contribution in [0.15, 0.2) is 0 Å². The Balaban J connectivity index is 2.54. The van der Waals surface area contributed by atoms with Crippen LogP contribution >= 0.6 is 11.6 Å². The highest BCUT2D eigenvalue weighted by Crippen LogP contribution is 2.25. The van der Waals surface area contributed by atoms with Crippen LogP contribution in [0.1, 0.15) is 39.5 Å². The van der Waals surface area contributed by atoms with Gasteiger partial charge < -0.3 is 0 Å². The van der Waals surface area contributed by atoms with Gasteiger partial charge in [0.05, 0.1) is 5.75 Å². The average Bonchev–Trinajstić information content (AvgIpc) is 2.17. The van der Waals surface area contributed by atoms with Gasteiger partial charge in [0.2, 0.25) is 10.0 Å². The number of rotatable bonds is 5. The predicted octanol–water partition coefficient (Wildman–Crippen LogP) is 2.46. The first-order valence-corrected chi connectivity index (χ1v) is 8.17. The quantitative estimate of drug-likeness (QED) is 0.567. The van der Waals surface area contributed by atoms with Gasteiger partial charge in [0.15, 0.2) is 0 Å². The first-order valence-electron chi connectivity index (χ1n) is 6.03. The van der Waals surface area contributed by atoms with Crippen molar-refractivity contribution in [3.05, 3.63) is 0 Å². The monoisotopic (exact) mass is 267 g/mol. The summed E-state index contributed by atoms with van der Waals surface area (Å²) in [6, 6.07) is 0.157. The van der Waals surface area contributed by atoms with Gasteiger partial charge in [0.1, 0.15) is 0 Å². The van der Waals surface area contributed by atoms with Crippen LogP contribution in [0, 0.1) is 5.92 Å². The van der Waals surface area contributed by atoms with Crippen LogP contribution in [-0.4, -0.2) is 36.9 Å². The van der Waals surface area contributed by atoms with E-state index in [9.17, 15) is 8.42 Å². The summed E-state index contributed by atoms with van der Waals surface area (Å²) >= 11 is 5.56. The lowest BCUT2D eigenvalue weighted by Crippen LogP contribution is -2.45. The Kier molecular flexibility index (Phi) is 5.54. The lowest BCUT2D eigenvalue weighted by atomic mass is 9.95. The van der Waals surface area contributed by atoms with Crippen molar-refractivity contribution in [2.45, 2.75) is 45.6 Å². The molecular weight excluding hydrogens is 246 g/mol. The Labute approximate surface area is 104 Å². The van der Waals surface area contributed by atoms with E-state index in [4.69, 9.17) is 11.6 Å². The smallest absolute Gasteiger partial charge is 0.212 e. The molecule has 0 amide bonds. The molecule has 1 saturated heterocycles. The van der Waals surface area contributed by atoms with E-state index < -0.39 is 10.0 Å². The number of halogens is 1.